The highest BCUT2D eigenvalue weighted by Gasteiger charge is 2.51. The van der Waals surface area contributed by atoms with Gasteiger partial charge in [0.1, 0.15) is 0 Å². The lowest BCUT2D eigenvalue weighted by molar-refractivity contribution is 0.664. The number of hydrogen-bond acceptors (Lipinski definition) is 0. The zero-order chi connectivity index (χ0) is 8.29. The van der Waals surface area contributed by atoms with Crippen molar-refractivity contribution in [2.24, 2.45) is 5.92 Å². The molecule has 1 fully saturated rings. The van der Waals surface area contributed by atoms with E-state index in [4.69, 9.17) is 0 Å². The molecule has 0 nitrogen and oxygen atoms in total. The summed E-state index contributed by atoms with van der Waals surface area (Å²) in [6.45, 7) is 4.95. The molecule has 0 aromatic heterocycles. The molecule has 0 aromatic carbocycles. The predicted molar refractivity (Wildman–Crippen MR) is 58.8 cm³/mol. The summed E-state index contributed by atoms with van der Waals surface area (Å²) in [5, 5.41) is 0. The lowest BCUT2D eigenvalue weighted by atomic mass is 9.94. The van der Waals surface area contributed by atoms with Gasteiger partial charge in [-0.2, -0.15) is 0 Å². The van der Waals surface area contributed by atoms with Crippen LogP contribution in [0.1, 0.15) is 0 Å². The Kier molecular flexibility index (Phi) is 1.56. The van der Waals surface area contributed by atoms with Gasteiger partial charge in [-0.3, -0.25) is 0 Å². The van der Waals surface area contributed by atoms with Gasteiger partial charge < -0.3 is 0 Å². The molecule has 0 saturated carbocycles. The summed E-state index contributed by atoms with van der Waals surface area (Å²) in [6.07, 6.45) is 7.53. The Morgan fingerprint density at radius 1 is 1.00 bits per heavy atom. The standard InChI is InChI=1S/C10H14P2/c1-11-6-5-7-8-3-4-9(10(7)11)12(8)2/h3-10H,1-2H3/t7-,8+,9-,10-,11?,12?/m0/s1. The third-order valence-electron chi connectivity index (χ3n) is 3.60. The van der Waals surface area contributed by atoms with Crippen molar-refractivity contribution in [3.8, 4) is 0 Å². The Morgan fingerprint density at radius 3 is 2.50 bits per heavy atom. The Bertz CT molecular complexity index is 269. The maximum Gasteiger partial charge on any atom is 0.00499 e. The van der Waals surface area contributed by atoms with Crippen molar-refractivity contribution < 1.29 is 0 Å². The van der Waals surface area contributed by atoms with Crippen molar-refractivity contribution in [3.05, 3.63) is 24.0 Å². The first kappa shape index (κ1) is 7.72. The molecule has 0 spiro atoms. The van der Waals surface area contributed by atoms with E-state index in [-0.39, 0.29) is 7.92 Å². The van der Waals surface area contributed by atoms with E-state index in [1.165, 1.54) is 0 Å². The van der Waals surface area contributed by atoms with E-state index in [1.807, 2.05) is 0 Å². The molecule has 1 saturated heterocycles. The molecule has 6 atom stereocenters. The summed E-state index contributed by atoms with van der Waals surface area (Å²) in [5.74, 6) is 3.45. The van der Waals surface area contributed by atoms with Crippen molar-refractivity contribution in [1.82, 2.24) is 0 Å². The van der Waals surface area contributed by atoms with Crippen LogP contribution in [0.5, 0.6) is 0 Å². The molecule has 3 heterocycles. The monoisotopic (exact) mass is 196 g/mol. The molecule has 2 unspecified atom stereocenters. The van der Waals surface area contributed by atoms with Crippen molar-refractivity contribution in [3.63, 3.8) is 0 Å². The summed E-state index contributed by atoms with van der Waals surface area (Å²) < 4.78 is 0. The normalized spacial score (nSPS) is 59.8. The van der Waals surface area contributed by atoms with Gasteiger partial charge in [-0.05, 0) is 24.9 Å². The molecule has 3 rings (SSSR count). The SMILES string of the molecule is CP1C=C[C@@H]2[C@H]1[C@@H]1C=C[C@H]2P1C. The van der Waals surface area contributed by atoms with Crippen LogP contribution in [0, 0.1) is 5.92 Å². The molecule has 0 aromatic rings. The summed E-state index contributed by atoms with van der Waals surface area (Å²) in [6, 6.07) is 0. The fourth-order valence-corrected chi connectivity index (χ4v) is 9.08. The van der Waals surface area contributed by atoms with E-state index in [2.05, 4.69) is 37.4 Å². The first-order valence-corrected chi connectivity index (χ1v) is 8.45. The Balaban J connectivity index is 2.03. The molecule has 0 radical (unpaired) electrons. The maximum atomic E-state index is 2.52. The van der Waals surface area contributed by atoms with Crippen molar-refractivity contribution in [2.75, 3.05) is 13.3 Å². The molecule has 12 heavy (non-hydrogen) atoms. The van der Waals surface area contributed by atoms with Crippen LogP contribution in [0.2, 0.25) is 0 Å². The highest BCUT2D eigenvalue weighted by molar-refractivity contribution is 7.66. The summed E-state index contributed by atoms with van der Waals surface area (Å²) in [7, 11) is 0.555. The Morgan fingerprint density at radius 2 is 1.75 bits per heavy atom. The van der Waals surface area contributed by atoms with Gasteiger partial charge in [0.2, 0.25) is 0 Å². The van der Waals surface area contributed by atoms with Crippen LogP contribution in [0.25, 0.3) is 0 Å². The molecule has 64 valence electrons. The topological polar surface area (TPSA) is 0 Å². The van der Waals surface area contributed by atoms with Gasteiger partial charge in [-0.25, -0.2) is 0 Å². The molecule has 0 aliphatic carbocycles. The highest BCUT2D eigenvalue weighted by atomic mass is 31.1. The van der Waals surface area contributed by atoms with Crippen LogP contribution in [-0.4, -0.2) is 30.3 Å². The van der Waals surface area contributed by atoms with E-state index >= 15 is 0 Å². The average Bonchev–Trinajstić information content (AvgIpc) is 2.66. The lowest BCUT2D eigenvalue weighted by Gasteiger charge is -2.23. The minimum Gasteiger partial charge on any atom is -0.0945 e. The number of allylic oxidation sites excluding steroid dienone is 3. The number of hydrogen-bond donors (Lipinski definition) is 0. The molecule has 2 heteroatoms. The minimum absolute atomic E-state index is 0.238. The van der Waals surface area contributed by atoms with Gasteiger partial charge in [-0.1, -0.05) is 39.9 Å². The van der Waals surface area contributed by atoms with Gasteiger partial charge >= 0.3 is 0 Å². The first-order valence-electron chi connectivity index (χ1n) is 4.59. The van der Waals surface area contributed by atoms with Crippen LogP contribution < -0.4 is 0 Å². The molecule has 3 aliphatic rings. The third-order valence-corrected chi connectivity index (χ3v) is 8.97. The van der Waals surface area contributed by atoms with Crippen LogP contribution in [0.4, 0.5) is 0 Å². The van der Waals surface area contributed by atoms with E-state index < -0.39 is 0 Å². The average molecular weight is 196 g/mol. The largest absolute Gasteiger partial charge is 0.0945 e. The molecule has 0 amide bonds. The van der Waals surface area contributed by atoms with Crippen LogP contribution in [-0.2, 0) is 0 Å². The Hall–Kier alpha value is 0.340. The first-order chi connectivity index (χ1) is 5.79. The molecular formula is C10H14P2. The van der Waals surface area contributed by atoms with Gasteiger partial charge in [0, 0.05) is 11.3 Å². The lowest BCUT2D eigenvalue weighted by Crippen LogP contribution is -2.22. The van der Waals surface area contributed by atoms with E-state index in [9.17, 15) is 0 Å². The number of rotatable bonds is 0. The second kappa shape index (κ2) is 2.43. The molecule has 0 N–H and O–H groups in total. The van der Waals surface area contributed by atoms with Crippen molar-refractivity contribution >= 4 is 15.8 Å². The van der Waals surface area contributed by atoms with Crippen LogP contribution in [0.3, 0.4) is 0 Å². The zero-order valence-electron chi connectivity index (χ0n) is 7.51. The second-order valence-electron chi connectivity index (χ2n) is 4.11. The number of fused-ring (bicyclic) bond motifs is 5. The van der Waals surface area contributed by atoms with Crippen LogP contribution in [0.15, 0.2) is 24.0 Å². The molecule has 3 aliphatic heterocycles. The van der Waals surface area contributed by atoms with E-state index in [0.717, 1.165) is 22.9 Å². The van der Waals surface area contributed by atoms with Crippen molar-refractivity contribution in [1.29, 1.82) is 0 Å². The summed E-state index contributed by atoms with van der Waals surface area (Å²) in [5.41, 5.74) is 2.99. The summed E-state index contributed by atoms with van der Waals surface area (Å²) >= 11 is 0. The minimum atomic E-state index is 0.238. The smallest absolute Gasteiger partial charge is 0.00499 e. The van der Waals surface area contributed by atoms with Gasteiger partial charge in [-0.15, -0.1) is 0 Å². The Labute approximate surface area is 76.6 Å². The summed E-state index contributed by atoms with van der Waals surface area (Å²) in [4.78, 5) is 0. The van der Waals surface area contributed by atoms with Crippen molar-refractivity contribution in [2.45, 2.75) is 17.0 Å². The highest BCUT2D eigenvalue weighted by Crippen LogP contribution is 2.70. The molecule has 2 bridgehead atoms. The quantitative estimate of drug-likeness (QED) is 0.412. The molecular weight excluding hydrogens is 182 g/mol. The fourth-order valence-electron chi connectivity index (χ4n) is 2.96. The predicted octanol–water partition coefficient (Wildman–Crippen LogP) is 3.04. The maximum absolute atomic E-state index is 2.52. The second-order valence-corrected chi connectivity index (χ2v) is 8.86. The fraction of sp³-hybridized carbons (Fsp3) is 0.600. The zero-order valence-corrected chi connectivity index (χ0v) is 9.30. The van der Waals surface area contributed by atoms with E-state index in [0.29, 0.717) is 7.92 Å². The van der Waals surface area contributed by atoms with Gasteiger partial charge in [0.15, 0.2) is 0 Å². The van der Waals surface area contributed by atoms with Gasteiger partial charge in [0.25, 0.3) is 0 Å². The van der Waals surface area contributed by atoms with E-state index in [1.54, 1.807) is 0 Å². The van der Waals surface area contributed by atoms with Gasteiger partial charge in [0.05, 0.1) is 0 Å². The van der Waals surface area contributed by atoms with Crippen LogP contribution >= 0.6 is 15.8 Å². The third kappa shape index (κ3) is 0.765.